The third-order valence-corrected chi connectivity index (χ3v) is 4.26. The summed E-state index contributed by atoms with van der Waals surface area (Å²) in [6, 6.07) is 9.82. The Labute approximate surface area is 142 Å². The van der Waals surface area contributed by atoms with Crippen LogP contribution in [0.25, 0.3) is 0 Å². The molecule has 0 aliphatic carbocycles. The van der Waals surface area contributed by atoms with E-state index in [0.29, 0.717) is 30.7 Å². The Bertz CT molecular complexity index is 656. The summed E-state index contributed by atoms with van der Waals surface area (Å²) in [5.74, 6) is 1.65. The number of aromatic nitrogens is 2. The van der Waals surface area contributed by atoms with Gasteiger partial charge in [-0.3, -0.25) is 9.69 Å². The summed E-state index contributed by atoms with van der Waals surface area (Å²) in [6.07, 6.45) is 2.64. The van der Waals surface area contributed by atoms with Crippen molar-refractivity contribution in [2.45, 2.75) is 39.3 Å². The molecule has 2 heterocycles. The van der Waals surface area contributed by atoms with E-state index in [1.807, 2.05) is 30.3 Å². The van der Waals surface area contributed by atoms with E-state index in [2.05, 4.69) is 27.3 Å². The molecule has 128 valence electrons. The van der Waals surface area contributed by atoms with Crippen LogP contribution in [0.15, 0.2) is 34.9 Å². The highest BCUT2D eigenvalue weighted by Gasteiger charge is 2.19. The molecule has 2 aromatic rings. The van der Waals surface area contributed by atoms with Gasteiger partial charge in [-0.25, -0.2) is 0 Å². The molecule has 24 heavy (non-hydrogen) atoms. The predicted molar refractivity (Wildman–Crippen MR) is 90.0 cm³/mol. The van der Waals surface area contributed by atoms with Gasteiger partial charge in [-0.15, -0.1) is 0 Å². The van der Waals surface area contributed by atoms with Gasteiger partial charge < -0.3 is 9.84 Å². The molecule has 0 bridgehead atoms. The van der Waals surface area contributed by atoms with Crippen LogP contribution in [-0.2, 0) is 24.3 Å². The van der Waals surface area contributed by atoms with Crippen LogP contribution in [-0.4, -0.2) is 34.0 Å². The normalized spacial score (nSPS) is 18.5. The lowest BCUT2D eigenvalue weighted by Crippen LogP contribution is -2.33. The van der Waals surface area contributed by atoms with Crippen LogP contribution in [0.1, 0.15) is 37.0 Å². The predicted octanol–water partition coefficient (Wildman–Crippen LogP) is 2.16. The maximum atomic E-state index is 12.0. The van der Waals surface area contributed by atoms with E-state index < -0.39 is 0 Å². The number of benzene rings is 1. The second kappa shape index (κ2) is 8.06. The Morgan fingerprint density at radius 2 is 2.21 bits per heavy atom. The fourth-order valence-electron chi connectivity index (χ4n) is 3.05. The molecule has 1 N–H and O–H groups in total. The molecule has 0 unspecified atom stereocenters. The van der Waals surface area contributed by atoms with Crippen LogP contribution >= 0.6 is 0 Å². The molecule has 1 aromatic carbocycles. The quantitative estimate of drug-likeness (QED) is 0.880. The van der Waals surface area contributed by atoms with Crippen molar-refractivity contribution in [3.63, 3.8) is 0 Å². The number of hydrogen-bond acceptors (Lipinski definition) is 5. The summed E-state index contributed by atoms with van der Waals surface area (Å²) in [7, 11) is 0. The van der Waals surface area contributed by atoms with Crippen molar-refractivity contribution in [1.82, 2.24) is 20.4 Å². The van der Waals surface area contributed by atoms with Crippen LogP contribution in [0.5, 0.6) is 0 Å². The summed E-state index contributed by atoms with van der Waals surface area (Å²) in [5.41, 5.74) is 1.07. The van der Waals surface area contributed by atoms with Crippen molar-refractivity contribution in [3.8, 4) is 0 Å². The van der Waals surface area contributed by atoms with Crippen LogP contribution < -0.4 is 5.32 Å². The molecule has 1 saturated heterocycles. The molecule has 3 rings (SSSR count). The molecule has 1 aliphatic heterocycles. The third-order valence-electron chi connectivity index (χ3n) is 4.26. The first-order chi connectivity index (χ1) is 11.7. The fraction of sp³-hybridized carbons (Fsp3) is 0.500. The Morgan fingerprint density at radius 1 is 1.38 bits per heavy atom. The zero-order valence-electron chi connectivity index (χ0n) is 14.1. The Balaban J connectivity index is 1.46. The molecule has 0 saturated carbocycles. The van der Waals surface area contributed by atoms with Gasteiger partial charge in [0.1, 0.15) is 0 Å². The summed E-state index contributed by atoms with van der Waals surface area (Å²) >= 11 is 0. The first kappa shape index (κ1) is 16.6. The lowest BCUT2D eigenvalue weighted by molar-refractivity contribution is -0.120. The number of nitrogens with zero attached hydrogens (tertiary/aromatic N) is 3. The summed E-state index contributed by atoms with van der Waals surface area (Å²) in [4.78, 5) is 18.7. The van der Waals surface area contributed by atoms with Gasteiger partial charge in [0.05, 0.1) is 13.0 Å². The van der Waals surface area contributed by atoms with E-state index >= 15 is 0 Å². The lowest BCUT2D eigenvalue weighted by Gasteiger charge is -2.29. The van der Waals surface area contributed by atoms with Gasteiger partial charge in [0.2, 0.25) is 11.8 Å². The summed E-state index contributed by atoms with van der Waals surface area (Å²) < 4.78 is 5.28. The molecule has 6 nitrogen and oxygen atoms in total. The average molecular weight is 328 g/mol. The highest BCUT2D eigenvalue weighted by atomic mass is 16.5. The standard InChI is InChI=1S/C18H24N4O2/c1-14-6-5-9-22(12-14)13-18-20-16(21-24-18)10-17(23)19-11-15-7-3-2-4-8-15/h2-4,7-8,14H,5-6,9-13H2,1H3,(H,19,23)/t14-/m0/s1. The highest BCUT2D eigenvalue weighted by molar-refractivity contribution is 5.77. The molecule has 1 aliphatic rings. The monoisotopic (exact) mass is 328 g/mol. The van der Waals surface area contributed by atoms with E-state index in [1.54, 1.807) is 0 Å². The molecule has 0 radical (unpaired) electrons. The molecule has 1 fully saturated rings. The van der Waals surface area contributed by atoms with Gasteiger partial charge in [0, 0.05) is 13.1 Å². The molecule has 1 atom stereocenters. The fourth-order valence-corrected chi connectivity index (χ4v) is 3.05. The topological polar surface area (TPSA) is 71.3 Å². The summed E-state index contributed by atoms with van der Waals surface area (Å²) in [5, 5.41) is 6.79. The van der Waals surface area contributed by atoms with Crippen molar-refractivity contribution in [1.29, 1.82) is 0 Å². The minimum atomic E-state index is -0.0993. The number of carbonyl (C=O) groups excluding carboxylic acids is 1. The SMILES string of the molecule is C[C@H]1CCCN(Cc2nc(CC(=O)NCc3ccccc3)no2)C1. The number of hydrogen-bond donors (Lipinski definition) is 1. The van der Waals surface area contributed by atoms with Crippen molar-refractivity contribution < 1.29 is 9.32 Å². The average Bonchev–Trinajstić information content (AvgIpc) is 3.01. The maximum Gasteiger partial charge on any atom is 0.240 e. The minimum Gasteiger partial charge on any atom is -0.352 e. The van der Waals surface area contributed by atoms with Crippen molar-refractivity contribution in [2.24, 2.45) is 5.92 Å². The zero-order chi connectivity index (χ0) is 16.8. The number of amides is 1. The van der Waals surface area contributed by atoms with Crippen LogP contribution in [0.3, 0.4) is 0 Å². The van der Waals surface area contributed by atoms with Gasteiger partial charge in [-0.2, -0.15) is 4.98 Å². The zero-order valence-corrected chi connectivity index (χ0v) is 14.1. The smallest absolute Gasteiger partial charge is 0.240 e. The van der Waals surface area contributed by atoms with E-state index in [4.69, 9.17) is 4.52 Å². The highest BCUT2D eigenvalue weighted by Crippen LogP contribution is 2.17. The molecule has 6 heteroatoms. The van der Waals surface area contributed by atoms with E-state index in [1.165, 1.54) is 12.8 Å². The van der Waals surface area contributed by atoms with Crippen LogP contribution in [0.2, 0.25) is 0 Å². The number of piperidine rings is 1. The van der Waals surface area contributed by atoms with Crippen molar-refractivity contribution in [3.05, 3.63) is 47.6 Å². The molecular weight excluding hydrogens is 304 g/mol. The first-order valence-electron chi connectivity index (χ1n) is 8.53. The largest absolute Gasteiger partial charge is 0.352 e. The van der Waals surface area contributed by atoms with Gasteiger partial charge in [0.25, 0.3) is 0 Å². The number of rotatable bonds is 6. The van der Waals surface area contributed by atoms with Gasteiger partial charge in [0.15, 0.2) is 5.82 Å². The van der Waals surface area contributed by atoms with Crippen LogP contribution in [0, 0.1) is 5.92 Å². The van der Waals surface area contributed by atoms with E-state index in [-0.39, 0.29) is 12.3 Å². The number of likely N-dealkylation sites (tertiary alicyclic amines) is 1. The van der Waals surface area contributed by atoms with Gasteiger partial charge in [-0.05, 0) is 30.9 Å². The Kier molecular flexibility index (Phi) is 5.59. The number of carbonyl (C=O) groups is 1. The van der Waals surface area contributed by atoms with Crippen molar-refractivity contribution in [2.75, 3.05) is 13.1 Å². The Morgan fingerprint density at radius 3 is 3.00 bits per heavy atom. The molecule has 1 amide bonds. The van der Waals surface area contributed by atoms with Crippen LogP contribution in [0.4, 0.5) is 0 Å². The number of nitrogens with one attached hydrogen (secondary N) is 1. The molecule has 0 spiro atoms. The lowest BCUT2D eigenvalue weighted by atomic mass is 10.0. The Hall–Kier alpha value is -2.21. The third kappa shape index (κ3) is 4.89. The van der Waals surface area contributed by atoms with Crippen molar-refractivity contribution >= 4 is 5.91 Å². The maximum absolute atomic E-state index is 12.0. The second-order valence-electron chi connectivity index (χ2n) is 6.53. The van der Waals surface area contributed by atoms with E-state index in [0.717, 1.165) is 18.7 Å². The van der Waals surface area contributed by atoms with Gasteiger partial charge in [-0.1, -0.05) is 42.4 Å². The first-order valence-corrected chi connectivity index (χ1v) is 8.53. The van der Waals surface area contributed by atoms with E-state index in [9.17, 15) is 4.79 Å². The minimum absolute atomic E-state index is 0.0993. The van der Waals surface area contributed by atoms with Gasteiger partial charge >= 0.3 is 0 Å². The molecule has 1 aromatic heterocycles. The second-order valence-corrected chi connectivity index (χ2v) is 6.53. The molecular formula is C18H24N4O2. The summed E-state index contributed by atoms with van der Waals surface area (Å²) in [6.45, 7) is 5.58.